The largest absolute Gasteiger partial charge is 0.523 e. The second-order valence-corrected chi connectivity index (χ2v) is 3.02. The van der Waals surface area contributed by atoms with E-state index in [1.54, 1.807) is 0 Å². The van der Waals surface area contributed by atoms with Crippen molar-refractivity contribution >= 4 is 38.9 Å². The molecule has 0 heterocycles. The number of alkyl halides is 2. The quantitative estimate of drug-likeness (QED) is 0.448. The maximum Gasteiger partial charge on any atom is 0.325 e. The molecule has 8 heavy (non-hydrogen) atoms. The monoisotopic (exact) mass is 172 g/mol. The summed E-state index contributed by atoms with van der Waals surface area (Å²) in [4.78, 5) is 9.28. The van der Waals surface area contributed by atoms with Crippen LogP contribution in [0.3, 0.4) is 0 Å². The van der Waals surface area contributed by atoms with Gasteiger partial charge in [0.15, 0.2) is 0 Å². The molecule has 0 aromatic carbocycles. The fraction of sp³-hybridized carbons (Fsp3) is 0.667. The zero-order chi connectivity index (χ0) is 6.57. The second kappa shape index (κ2) is 4.18. The van der Waals surface area contributed by atoms with Crippen molar-refractivity contribution in [2.45, 2.75) is 11.4 Å². The van der Waals surface area contributed by atoms with E-state index >= 15 is 0 Å². The van der Waals surface area contributed by atoms with E-state index in [1.165, 1.54) is 0 Å². The van der Waals surface area contributed by atoms with Crippen molar-refractivity contribution in [2.24, 2.45) is 0 Å². The first kappa shape index (κ1) is 8.27. The Morgan fingerprint density at radius 2 is 2.25 bits per heavy atom. The molecule has 0 unspecified atom stereocenters. The molecule has 0 spiro atoms. The van der Waals surface area contributed by atoms with Crippen molar-refractivity contribution in [3.05, 3.63) is 0 Å². The van der Waals surface area contributed by atoms with E-state index in [0.717, 1.165) is 0 Å². The molecule has 0 aliphatic rings. The fourth-order valence-corrected chi connectivity index (χ4v) is 0.994. The molecule has 0 atom stereocenters. The predicted molar refractivity (Wildman–Crippen MR) is 36.0 cm³/mol. The summed E-state index contributed by atoms with van der Waals surface area (Å²) >= 11 is 10.2. The minimum Gasteiger partial charge on any atom is -0.523 e. The predicted octanol–water partition coefficient (Wildman–Crippen LogP) is 0.465. The van der Waals surface area contributed by atoms with Crippen molar-refractivity contribution in [3.63, 3.8) is 0 Å². The molecule has 0 saturated heterocycles. The normalized spacial score (nSPS) is 11.0. The molecule has 0 radical (unpaired) electrons. The van der Waals surface area contributed by atoms with E-state index < -0.39 is 20.6 Å². The summed E-state index contributed by atoms with van der Waals surface area (Å²) < 4.78 is 4.54. The highest BCUT2D eigenvalue weighted by Crippen LogP contribution is 2.02. The van der Waals surface area contributed by atoms with Gasteiger partial charge in [0.25, 0.3) is 0 Å². The van der Waals surface area contributed by atoms with E-state index in [4.69, 9.17) is 23.2 Å². The third kappa shape index (κ3) is 3.29. The van der Waals surface area contributed by atoms with Crippen LogP contribution in [0.25, 0.3) is 0 Å². The van der Waals surface area contributed by atoms with E-state index in [9.17, 15) is 4.79 Å². The Morgan fingerprint density at radius 3 is 2.38 bits per heavy atom. The van der Waals surface area contributed by atoms with Crippen molar-refractivity contribution in [2.75, 3.05) is 0 Å². The number of hydrogen-bond donors (Lipinski definition) is 0. The molecule has 0 aliphatic carbocycles. The van der Waals surface area contributed by atoms with Gasteiger partial charge in [-0.15, -0.1) is 0 Å². The maximum absolute atomic E-state index is 10.3. The first-order valence-corrected chi connectivity index (χ1v) is 4.99. The van der Waals surface area contributed by atoms with Crippen LogP contribution in [-0.4, -0.2) is 20.6 Å². The van der Waals surface area contributed by atoms with E-state index in [-0.39, 0.29) is 0 Å². The minimum atomic E-state index is -1.01. The Kier molecular flexibility index (Phi) is 4.32. The third-order valence-corrected chi connectivity index (χ3v) is 1.39. The molecule has 0 N–H and O–H groups in total. The topological polar surface area (TPSA) is 26.3 Å². The molecule has 0 amide bonds. The van der Waals surface area contributed by atoms with Crippen LogP contribution in [0.4, 0.5) is 0 Å². The van der Waals surface area contributed by atoms with E-state index in [0.29, 0.717) is 0 Å². The summed E-state index contributed by atoms with van der Waals surface area (Å²) in [5, 5.41) is 0. The van der Waals surface area contributed by atoms with Gasteiger partial charge in [0.05, 0.1) is 0 Å². The van der Waals surface area contributed by atoms with Crippen LogP contribution < -0.4 is 0 Å². The SMILES string of the molecule is C[SiH2]OC(=O)C(Cl)Cl. The molecule has 0 saturated carbocycles. The van der Waals surface area contributed by atoms with Gasteiger partial charge in [-0.05, 0) is 6.55 Å². The highest BCUT2D eigenvalue weighted by molar-refractivity contribution is 6.54. The molecule has 0 aromatic heterocycles. The van der Waals surface area contributed by atoms with Crippen LogP contribution in [0.5, 0.6) is 0 Å². The lowest BCUT2D eigenvalue weighted by molar-refractivity contribution is -0.132. The molecule has 0 fully saturated rings. The first-order valence-electron chi connectivity index (χ1n) is 2.13. The van der Waals surface area contributed by atoms with Gasteiger partial charge in [-0.3, -0.25) is 4.79 Å². The summed E-state index contributed by atoms with van der Waals surface area (Å²) in [6, 6.07) is 0. The van der Waals surface area contributed by atoms with Crippen molar-refractivity contribution in [1.29, 1.82) is 0 Å². The maximum atomic E-state index is 10.3. The van der Waals surface area contributed by atoms with Crippen LogP contribution in [0.2, 0.25) is 6.55 Å². The van der Waals surface area contributed by atoms with E-state index in [2.05, 4.69) is 4.43 Å². The summed E-state index contributed by atoms with van der Waals surface area (Å²) in [6.07, 6.45) is 0. The zero-order valence-electron chi connectivity index (χ0n) is 4.36. The number of hydrogen-bond acceptors (Lipinski definition) is 2. The molecule has 0 aliphatic heterocycles. The van der Waals surface area contributed by atoms with E-state index in [1.807, 2.05) is 6.55 Å². The summed E-state index contributed by atoms with van der Waals surface area (Å²) in [5.74, 6) is -0.525. The molecule has 5 heteroatoms. The number of rotatable bonds is 2. The minimum absolute atomic E-state index is 0.525. The average Bonchev–Trinajstić information content (AvgIpc) is 1.67. The van der Waals surface area contributed by atoms with Crippen LogP contribution in [0, 0.1) is 0 Å². The lowest BCUT2D eigenvalue weighted by atomic mass is 10.8. The highest BCUT2D eigenvalue weighted by atomic mass is 35.5. The van der Waals surface area contributed by atoms with Crippen LogP contribution >= 0.6 is 23.2 Å². The Morgan fingerprint density at radius 1 is 1.75 bits per heavy atom. The van der Waals surface area contributed by atoms with Gasteiger partial charge >= 0.3 is 5.97 Å². The van der Waals surface area contributed by atoms with Gasteiger partial charge in [0, 0.05) is 0 Å². The van der Waals surface area contributed by atoms with Crippen LogP contribution in [-0.2, 0) is 9.22 Å². The van der Waals surface area contributed by atoms with Gasteiger partial charge in [0.1, 0.15) is 0 Å². The van der Waals surface area contributed by atoms with Crippen LogP contribution in [0.15, 0.2) is 0 Å². The fourth-order valence-electron chi connectivity index (χ4n) is 0.205. The molecule has 0 aromatic rings. The van der Waals surface area contributed by atoms with Crippen molar-refractivity contribution in [3.8, 4) is 0 Å². The van der Waals surface area contributed by atoms with Gasteiger partial charge in [-0.2, -0.15) is 0 Å². The lowest BCUT2D eigenvalue weighted by Gasteiger charge is -1.99. The lowest BCUT2D eigenvalue weighted by Crippen LogP contribution is -2.13. The van der Waals surface area contributed by atoms with Crippen molar-refractivity contribution < 1.29 is 9.22 Å². The summed E-state index contributed by atoms with van der Waals surface area (Å²) in [7, 11) is -0.695. The molecule has 48 valence electrons. The molecular formula is C3H6Cl2O2Si. The summed E-state index contributed by atoms with van der Waals surface area (Å²) in [5.41, 5.74) is 0. The summed E-state index contributed by atoms with van der Waals surface area (Å²) in [6.45, 7) is 1.83. The highest BCUT2D eigenvalue weighted by Gasteiger charge is 2.09. The van der Waals surface area contributed by atoms with Gasteiger partial charge in [-0.25, -0.2) is 0 Å². The number of carbonyl (C=O) groups is 1. The Labute approximate surface area is 60.0 Å². The Hall–Kier alpha value is 0.267. The standard InChI is InChI=1S/C3H6Cl2O2Si/c1-8-7-3(6)2(4)5/h2H,8H2,1H3. The molecule has 0 rings (SSSR count). The molecular weight excluding hydrogens is 167 g/mol. The van der Waals surface area contributed by atoms with Crippen molar-refractivity contribution in [1.82, 2.24) is 0 Å². The van der Waals surface area contributed by atoms with Gasteiger partial charge < -0.3 is 4.43 Å². The smallest absolute Gasteiger partial charge is 0.325 e. The first-order chi connectivity index (χ1) is 3.68. The third-order valence-electron chi connectivity index (χ3n) is 0.465. The average molecular weight is 173 g/mol. The van der Waals surface area contributed by atoms with Gasteiger partial charge in [-0.1, -0.05) is 23.2 Å². The van der Waals surface area contributed by atoms with Gasteiger partial charge in [0.2, 0.25) is 14.6 Å². The zero-order valence-corrected chi connectivity index (χ0v) is 7.28. The second-order valence-electron chi connectivity index (χ2n) is 1.05. The number of carbonyl (C=O) groups excluding carboxylic acids is 1. The molecule has 0 bridgehead atoms. The Bertz CT molecular complexity index is 85.4. The molecule has 2 nitrogen and oxygen atoms in total. The van der Waals surface area contributed by atoms with Crippen LogP contribution in [0.1, 0.15) is 0 Å². The Balaban J connectivity index is 3.33. The number of halogens is 2.